The molecule has 1 aliphatic heterocycles. The van der Waals surface area contributed by atoms with E-state index in [0.29, 0.717) is 16.9 Å². The topological polar surface area (TPSA) is 139 Å². The molecule has 1 saturated carbocycles. The van der Waals surface area contributed by atoms with E-state index < -0.39 is 27.7 Å². The minimum Gasteiger partial charge on any atom is -0.350 e. The van der Waals surface area contributed by atoms with Crippen LogP contribution in [0.5, 0.6) is 0 Å². The van der Waals surface area contributed by atoms with Gasteiger partial charge in [0.05, 0.1) is 4.90 Å². The highest BCUT2D eigenvalue weighted by Gasteiger charge is 2.42. The van der Waals surface area contributed by atoms with Gasteiger partial charge < -0.3 is 10.6 Å². The molecule has 2 aromatic rings. The molecule has 2 aromatic carbocycles. The van der Waals surface area contributed by atoms with Crippen molar-refractivity contribution in [2.24, 2.45) is 5.14 Å². The predicted molar refractivity (Wildman–Crippen MR) is 127 cm³/mol. The molecule has 1 heterocycles. The molecule has 1 aliphatic carbocycles. The van der Waals surface area contributed by atoms with Gasteiger partial charge in [0.2, 0.25) is 10.0 Å². The Morgan fingerprint density at radius 2 is 1.50 bits per heavy atom. The Kier molecular flexibility index (Phi) is 6.74. The number of benzene rings is 2. The number of carbonyl (C=O) groups is 3. The first-order chi connectivity index (χ1) is 16.1. The summed E-state index contributed by atoms with van der Waals surface area (Å²) in [6.07, 6.45) is 4.61. The SMILES string of the molecule is NS(=O)(=O)c1ccc(NC(=O)c2ccc(NC3=C(Cl)C(=O)N(C4CCCCC4)C3=O)cc2)cc1. The summed E-state index contributed by atoms with van der Waals surface area (Å²) in [5.41, 5.74) is 1.26. The van der Waals surface area contributed by atoms with Crippen molar-refractivity contribution >= 4 is 50.7 Å². The summed E-state index contributed by atoms with van der Waals surface area (Å²) in [4.78, 5) is 39.2. The van der Waals surface area contributed by atoms with Crippen molar-refractivity contribution in [1.29, 1.82) is 0 Å². The van der Waals surface area contributed by atoms with E-state index in [1.165, 1.54) is 29.2 Å². The van der Waals surface area contributed by atoms with E-state index >= 15 is 0 Å². The molecule has 0 aromatic heterocycles. The van der Waals surface area contributed by atoms with E-state index in [-0.39, 0.29) is 21.7 Å². The maximum absolute atomic E-state index is 12.9. The third-order valence-electron chi connectivity index (χ3n) is 5.86. The summed E-state index contributed by atoms with van der Waals surface area (Å²) >= 11 is 6.19. The molecule has 178 valence electrons. The fourth-order valence-corrected chi connectivity index (χ4v) is 4.81. The largest absolute Gasteiger partial charge is 0.350 e. The highest BCUT2D eigenvalue weighted by molar-refractivity contribution is 7.89. The van der Waals surface area contributed by atoms with Crippen molar-refractivity contribution < 1.29 is 22.8 Å². The first-order valence-corrected chi connectivity index (χ1v) is 12.7. The van der Waals surface area contributed by atoms with Crippen LogP contribution >= 0.6 is 11.6 Å². The lowest BCUT2D eigenvalue weighted by Crippen LogP contribution is -2.42. The van der Waals surface area contributed by atoms with Crippen LogP contribution in [-0.2, 0) is 19.6 Å². The second-order valence-electron chi connectivity index (χ2n) is 8.19. The van der Waals surface area contributed by atoms with Crippen LogP contribution in [0, 0.1) is 0 Å². The van der Waals surface area contributed by atoms with Gasteiger partial charge in [-0.05, 0) is 61.4 Å². The zero-order valence-corrected chi connectivity index (χ0v) is 19.7. The Balaban J connectivity index is 1.42. The van der Waals surface area contributed by atoms with Crippen LogP contribution in [0.1, 0.15) is 42.5 Å². The smallest absolute Gasteiger partial charge is 0.279 e. The fraction of sp³-hybridized carbons (Fsp3) is 0.261. The van der Waals surface area contributed by atoms with Crippen molar-refractivity contribution in [3.8, 4) is 0 Å². The number of nitrogens with zero attached hydrogens (tertiary/aromatic N) is 1. The monoisotopic (exact) mass is 502 g/mol. The van der Waals surface area contributed by atoms with Gasteiger partial charge in [0.15, 0.2) is 0 Å². The minimum absolute atomic E-state index is 0.0318. The van der Waals surface area contributed by atoms with Crippen molar-refractivity contribution in [3.63, 3.8) is 0 Å². The van der Waals surface area contributed by atoms with Crippen LogP contribution in [0.2, 0.25) is 0 Å². The third kappa shape index (κ3) is 4.98. The Labute approximate surface area is 202 Å². The van der Waals surface area contributed by atoms with E-state index in [0.717, 1.165) is 32.1 Å². The van der Waals surface area contributed by atoms with E-state index in [1.54, 1.807) is 24.3 Å². The first-order valence-electron chi connectivity index (χ1n) is 10.7. The Morgan fingerprint density at radius 3 is 2.09 bits per heavy atom. The van der Waals surface area contributed by atoms with Gasteiger partial charge >= 0.3 is 0 Å². The average molecular weight is 503 g/mol. The van der Waals surface area contributed by atoms with E-state index in [1.807, 2.05) is 0 Å². The zero-order valence-electron chi connectivity index (χ0n) is 18.1. The Morgan fingerprint density at radius 1 is 0.912 bits per heavy atom. The average Bonchev–Trinajstić information content (AvgIpc) is 3.03. The van der Waals surface area contributed by atoms with Crippen LogP contribution < -0.4 is 15.8 Å². The van der Waals surface area contributed by atoms with Crippen molar-refractivity contribution in [1.82, 2.24) is 4.90 Å². The standard InChI is InChI=1S/C23H23ClN4O5S/c24-19-20(23(31)28(22(19)30)17-4-2-1-3-5-17)26-15-8-6-14(7-9-15)21(29)27-16-10-12-18(13-11-16)34(25,32)33/h6-13,17,26H,1-5H2,(H,27,29)(H2,25,32,33). The highest BCUT2D eigenvalue weighted by Crippen LogP contribution is 2.32. The lowest BCUT2D eigenvalue weighted by molar-refractivity contribution is -0.140. The predicted octanol–water partition coefficient (Wildman–Crippen LogP) is 3.15. The number of nitrogens with one attached hydrogen (secondary N) is 2. The second kappa shape index (κ2) is 9.57. The number of hydrogen-bond acceptors (Lipinski definition) is 6. The van der Waals surface area contributed by atoms with Gasteiger partial charge in [-0.1, -0.05) is 30.9 Å². The Hall–Kier alpha value is -3.21. The maximum Gasteiger partial charge on any atom is 0.279 e. The number of imide groups is 1. The van der Waals surface area contributed by atoms with Crippen molar-refractivity contribution in [2.75, 3.05) is 10.6 Å². The number of carbonyl (C=O) groups excluding carboxylic acids is 3. The molecule has 2 aliphatic rings. The van der Waals surface area contributed by atoms with Crippen LogP contribution in [0.25, 0.3) is 0 Å². The molecule has 11 heteroatoms. The van der Waals surface area contributed by atoms with E-state index in [2.05, 4.69) is 10.6 Å². The third-order valence-corrected chi connectivity index (χ3v) is 7.14. The van der Waals surface area contributed by atoms with Gasteiger partial charge in [-0.25, -0.2) is 13.6 Å². The normalized spacial score (nSPS) is 17.3. The summed E-state index contributed by atoms with van der Waals surface area (Å²) in [6.45, 7) is 0. The molecule has 4 rings (SSSR count). The Bertz CT molecular complexity index is 1270. The second-order valence-corrected chi connectivity index (χ2v) is 10.1. The van der Waals surface area contributed by atoms with E-state index in [4.69, 9.17) is 16.7 Å². The molecule has 0 radical (unpaired) electrons. The zero-order chi connectivity index (χ0) is 24.5. The van der Waals surface area contributed by atoms with Gasteiger partial charge in [0.1, 0.15) is 10.7 Å². The van der Waals surface area contributed by atoms with Gasteiger partial charge in [-0.2, -0.15) is 0 Å². The molecule has 0 saturated heterocycles. The number of halogens is 1. The lowest BCUT2D eigenvalue weighted by Gasteiger charge is -2.29. The van der Waals surface area contributed by atoms with Gasteiger partial charge in [-0.3, -0.25) is 19.3 Å². The molecule has 1 fully saturated rings. The van der Waals surface area contributed by atoms with Crippen LogP contribution in [0.15, 0.2) is 64.2 Å². The minimum atomic E-state index is -3.82. The maximum atomic E-state index is 12.9. The number of rotatable bonds is 6. The molecular weight excluding hydrogens is 480 g/mol. The summed E-state index contributed by atoms with van der Waals surface area (Å²) < 4.78 is 22.7. The van der Waals surface area contributed by atoms with E-state index in [9.17, 15) is 22.8 Å². The molecule has 34 heavy (non-hydrogen) atoms. The number of primary sulfonamides is 1. The summed E-state index contributed by atoms with van der Waals surface area (Å²) in [5.74, 6) is -1.33. The molecule has 0 atom stereocenters. The number of hydrogen-bond donors (Lipinski definition) is 3. The molecule has 0 bridgehead atoms. The molecule has 0 spiro atoms. The van der Waals surface area contributed by atoms with Crippen LogP contribution in [0.3, 0.4) is 0 Å². The summed E-state index contributed by atoms with van der Waals surface area (Å²) in [7, 11) is -3.82. The number of nitrogens with two attached hydrogens (primary N) is 1. The lowest BCUT2D eigenvalue weighted by atomic mass is 9.94. The van der Waals surface area contributed by atoms with Gasteiger partial charge in [-0.15, -0.1) is 0 Å². The van der Waals surface area contributed by atoms with Crippen molar-refractivity contribution in [2.45, 2.75) is 43.0 Å². The summed E-state index contributed by atoms with van der Waals surface area (Å²) in [5, 5.41) is 10.5. The van der Waals surface area contributed by atoms with Gasteiger partial charge in [0, 0.05) is 23.0 Å². The van der Waals surface area contributed by atoms with Crippen molar-refractivity contribution in [3.05, 3.63) is 64.8 Å². The van der Waals surface area contributed by atoms with Gasteiger partial charge in [0.25, 0.3) is 17.7 Å². The molecular formula is C23H23ClN4O5S. The fourth-order valence-electron chi connectivity index (χ4n) is 4.08. The molecule has 0 unspecified atom stereocenters. The molecule has 3 amide bonds. The van der Waals surface area contributed by atoms with Crippen LogP contribution in [0.4, 0.5) is 11.4 Å². The first kappa shape index (κ1) is 23.9. The number of anilines is 2. The number of sulfonamides is 1. The molecule has 4 N–H and O–H groups in total. The number of amides is 3. The quantitative estimate of drug-likeness (QED) is 0.518. The van der Waals surface area contributed by atoms with Crippen LogP contribution in [-0.4, -0.2) is 37.1 Å². The summed E-state index contributed by atoms with van der Waals surface area (Å²) in [6, 6.07) is 11.6. The molecule has 9 nitrogen and oxygen atoms in total. The highest BCUT2D eigenvalue weighted by atomic mass is 35.5.